The van der Waals surface area contributed by atoms with Crippen LogP contribution in [-0.4, -0.2) is 15.9 Å². The van der Waals surface area contributed by atoms with Gasteiger partial charge in [-0.25, -0.2) is 9.37 Å². The Balaban J connectivity index is 1.78. The maximum Gasteiger partial charge on any atom is 0.260 e. The zero-order valence-corrected chi connectivity index (χ0v) is 16.3. The summed E-state index contributed by atoms with van der Waals surface area (Å²) in [6.07, 6.45) is 3.42. The molecule has 4 rings (SSSR count). The fourth-order valence-corrected chi connectivity index (χ4v) is 3.92. The lowest BCUT2D eigenvalue weighted by Gasteiger charge is -2.20. The van der Waals surface area contributed by atoms with E-state index in [1.807, 2.05) is 44.2 Å². The van der Waals surface area contributed by atoms with Crippen LogP contribution >= 0.6 is 11.3 Å². The highest BCUT2D eigenvalue weighted by Gasteiger charge is 2.22. The lowest BCUT2D eigenvalue weighted by atomic mass is 10.1. The van der Waals surface area contributed by atoms with Gasteiger partial charge in [0.05, 0.1) is 16.8 Å². The number of aromatic nitrogens is 2. The third-order valence-electron chi connectivity index (χ3n) is 4.63. The number of halogens is 1. The fraction of sp³-hybridized carbons (Fsp3) is 0.136. The van der Waals surface area contributed by atoms with E-state index < -0.39 is 0 Å². The molecule has 0 bridgehead atoms. The first-order valence-corrected chi connectivity index (χ1v) is 9.67. The van der Waals surface area contributed by atoms with Gasteiger partial charge in [0.1, 0.15) is 5.82 Å². The minimum atomic E-state index is -0.318. The van der Waals surface area contributed by atoms with Crippen LogP contribution in [0.3, 0.4) is 0 Å². The predicted octanol–water partition coefficient (Wildman–Crippen LogP) is 5.29. The number of hydrogen-bond acceptors (Lipinski definition) is 4. The van der Waals surface area contributed by atoms with Gasteiger partial charge in [0.2, 0.25) is 0 Å². The molecule has 1 amide bonds. The van der Waals surface area contributed by atoms with Crippen molar-refractivity contribution in [3.8, 4) is 0 Å². The molecule has 0 aliphatic rings. The van der Waals surface area contributed by atoms with E-state index in [1.165, 1.54) is 23.5 Å². The monoisotopic (exact) mass is 391 g/mol. The third-order valence-corrected chi connectivity index (χ3v) is 5.67. The van der Waals surface area contributed by atoms with Crippen LogP contribution < -0.4 is 4.90 Å². The molecule has 4 aromatic rings. The van der Waals surface area contributed by atoms with Gasteiger partial charge in [-0.05, 0) is 66.9 Å². The number of thiazole rings is 1. The smallest absolute Gasteiger partial charge is 0.260 e. The molecule has 0 unspecified atom stereocenters. The van der Waals surface area contributed by atoms with E-state index in [1.54, 1.807) is 23.4 Å². The summed E-state index contributed by atoms with van der Waals surface area (Å²) in [4.78, 5) is 23.7. The molecular formula is C22H18FN3OS. The molecule has 0 atom stereocenters. The maximum atomic E-state index is 13.6. The largest absolute Gasteiger partial charge is 0.279 e. The average Bonchev–Trinajstić information content (AvgIpc) is 3.11. The second-order valence-electron chi connectivity index (χ2n) is 6.66. The Kier molecular flexibility index (Phi) is 4.88. The van der Waals surface area contributed by atoms with Crippen molar-refractivity contribution < 1.29 is 9.18 Å². The lowest BCUT2D eigenvalue weighted by molar-refractivity contribution is 0.0985. The summed E-state index contributed by atoms with van der Waals surface area (Å²) >= 11 is 1.30. The highest BCUT2D eigenvalue weighted by Crippen LogP contribution is 2.31. The Labute approximate surface area is 166 Å². The number of carbonyl (C=O) groups is 1. The first kappa shape index (κ1) is 18.3. The van der Waals surface area contributed by atoms with Gasteiger partial charge in [0.25, 0.3) is 5.91 Å². The molecule has 0 N–H and O–H groups in total. The number of aryl methyl sites for hydroxylation is 2. The van der Waals surface area contributed by atoms with Crippen molar-refractivity contribution in [2.75, 3.05) is 4.90 Å². The highest BCUT2D eigenvalue weighted by atomic mass is 32.1. The van der Waals surface area contributed by atoms with Crippen LogP contribution in [-0.2, 0) is 6.54 Å². The Hall–Kier alpha value is -3.12. The minimum absolute atomic E-state index is 0.147. The normalized spacial score (nSPS) is 11.0. The van der Waals surface area contributed by atoms with Crippen molar-refractivity contribution in [2.45, 2.75) is 20.4 Å². The lowest BCUT2D eigenvalue weighted by Crippen LogP contribution is -2.30. The predicted molar refractivity (Wildman–Crippen MR) is 110 cm³/mol. The summed E-state index contributed by atoms with van der Waals surface area (Å²) in [6, 6.07) is 13.9. The van der Waals surface area contributed by atoms with E-state index >= 15 is 0 Å². The molecule has 140 valence electrons. The van der Waals surface area contributed by atoms with Crippen molar-refractivity contribution >= 4 is 32.6 Å². The summed E-state index contributed by atoms with van der Waals surface area (Å²) < 4.78 is 14.3. The minimum Gasteiger partial charge on any atom is -0.279 e. The van der Waals surface area contributed by atoms with Crippen LogP contribution in [0.25, 0.3) is 10.2 Å². The molecule has 0 aliphatic heterocycles. The van der Waals surface area contributed by atoms with E-state index in [0.29, 0.717) is 27.5 Å². The number of hydrogen-bond donors (Lipinski definition) is 0. The Bertz CT molecular complexity index is 1160. The molecule has 2 heterocycles. The molecule has 0 aliphatic carbocycles. The van der Waals surface area contributed by atoms with Gasteiger partial charge in [0, 0.05) is 18.0 Å². The van der Waals surface area contributed by atoms with Crippen LogP contribution in [0.4, 0.5) is 9.52 Å². The van der Waals surface area contributed by atoms with Gasteiger partial charge < -0.3 is 0 Å². The van der Waals surface area contributed by atoms with Crippen LogP contribution in [0.5, 0.6) is 0 Å². The number of nitrogens with zero attached hydrogens (tertiary/aromatic N) is 3. The van der Waals surface area contributed by atoms with E-state index in [2.05, 4.69) is 9.97 Å². The molecule has 2 aromatic carbocycles. The molecule has 0 saturated heterocycles. The zero-order valence-electron chi connectivity index (χ0n) is 15.5. The molecule has 2 aromatic heterocycles. The second kappa shape index (κ2) is 7.48. The van der Waals surface area contributed by atoms with Crippen LogP contribution in [0.15, 0.2) is 60.9 Å². The van der Waals surface area contributed by atoms with E-state index in [9.17, 15) is 9.18 Å². The number of carbonyl (C=O) groups excluding carboxylic acids is 1. The van der Waals surface area contributed by atoms with Gasteiger partial charge in [-0.2, -0.15) is 0 Å². The summed E-state index contributed by atoms with van der Waals surface area (Å²) in [6.45, 7) is 4.33. The van der Waals surface area contributed by atoms with E-state index in [4.69, 9.17) is 0 Å². The molecule has 4 nitrogen and oxygen atoms in total. The van der Waals surface area contributed by atoms with Crippen molar-refractivity contribution in [2.24, 2.45) is 0 Å². The molecule has 0 radical (unpaired) electrons. The van der Waals surface area contributed by atoms with Gasteiger partial charge >= 0.3 is 0 Å². The fourth-order valence-electron chi connectivity index (χ4n) is 2.93. The molecule has 6 heteroatoms. The molecule has 0 fully saturated rings. The number of fused-ring (bicyclic) bond motifs is 1. The number of rotatable bonds is 4. The van der Waals surface area contributed by atoms with Gasteiger partial charge in [-0.3, -0.25) is 14.7 Å². The summed E-state index contributed by atoms with van der Waals surface area (Å²) in [7, 11) is 0. The third kappa shape index (κ3) is 3.64. The quantitative estimate of drug-likeness (QED) is 0.475. The Morgan fingerprint density at radius 2 is 1.96 bits per heavy atom. The number of benzene rings is 2. The van der Waals surface area contributed by atoms with Gasteiger partial charge in [-0.1, -0.05) is 23.5 Å². The Morgan fingerprint density at radius 3 is 2.71 bits per heavy atom. The van der Waals surface area contributed by atoms with Gasteiger partial charge in [0.15, 0.2) is 5.13 Å². The number of pyridine rings is 1. The van der Waals surface area contributed by atoms with Crippen molar-refractivity contribution in [1.82, 2.24) is 9.97 Å². The molecule has 0 spiro atoms. The van der Waals surface area contributed by atoms with E-state index in [0.717, 1.165) is 16.7 Å². The average molecular weight is 391 g/mol. The zero-order chi connectivity index (χ0) is 19.7. The van der Waals surface area contributed by atoms with E-state index in [-0.39, 0.29) is 11.7 Å². The first-order valence-electron chi connectivity index (χ1n) is 8.85. The van der Waals surface area contributed by atoms with Crippen LogP contribution in [0.1, 0.15) is 27.0 Å². The SMILES string of the molecule is Cc1ccc(C(=O)N(Cc2cccnc2)c2nc3ccc(F)cc3s2)cc1C. The standard InChI is InChI=1S/C22H18FN3OS/c1-14-5-6-17(10-15(14)2)21(27)26(13-16-4-3-9-24-12-16)22-25-19-8-7-18(23)11-20(19)28-22/h3-12H,13H2,1-2H3. The van der Waals surface area contributed by atoms with Gasteiger partial charge in [-0.15, -0.1) is 0 Å². The topological polar surface area (TPSA) is 46.1 Å². The number of anilines is 1. The summed E-state index contributed by atoms with van der Waals surface area (Å²) in [5.74, 6) is -0.464. The summed E-state index contributed by atoms with van der Waals surface area (Å²) in [5.41, 5.74) is 4.34. The molecule has 28 heavy (non-hydrogen) atoms. The second-order valence-corrected chi connectivity index (χ2v) is 7.67. The van der Waals surface area contributed by atoms with Crippen molar-refractivity contribution in [3.63, 3.8) is 0 Å². The maximum absolute atomic E-state index is 13.6. The molecule has 0 saturated carbocycles. The molecular weight excluding hydrogens is 373 g/mol. The van der Waals surface area contributed by atoms with Crippen LogP contribution in [0.2, 0.25) is 0 Å². The summed E-state index contributed by atoms with van der Waals surface area (Å²) in [5, 5.41) is 0.535. The highest BCUT2D eigenvalue weighted by molar-refractivity contribution is 7.22. The first-order chi connectivity index (χ1) is 13.5. The van der Waals surface area contributed by atoms with Crippen molar-refractivity contribution in [1.29, 1.82) is 0 Å². The van der Waals surface area contributed by atoms with Crippen molar-refractivity contribution in [3.05, 3.63) is 89.0 Å². The Morgan fingerprint density at radius 1 is 1.11 bits per heavy atom. The number of amides is 1. The van der Waals surface area contributed by atoms with Crippen LogP contribution in [0, 0.1) is 19.7 Å².